The smallest absolute Gasteiger partial charge is 0.240 e. The molecule has 1 aromatic carbocycles. The molecule has 1 aliphatic heterocycles. The third kappa shape index (κ3) is 3.56. The van der Waals surface area contributed by atoms with Crippen molar-refractivity contribution in [3.8, 4) is 5.75 Å². The Labute approximate surface area is 126 Å². The van der Waals surface area contributed by atoms with E-state index < -0.39 is 0 Å². The van der Waals surface area contributed by atoms with E-state index in [1.807, 2.05) is 12.1 Å². The Hall–Kier alpha value is -1.55. The normalized spacial score (nSPS) is 21.9. The molecule has 0 aromatic heterocycles. The van der Waals surface area contributed by atoms with Crippen molar-refractivity contribution in [1.82, 2.24) is 10.2 Å². The van der Waals surface area contributed by atoms with Gasteiger partial charge in [-0.05, 0) is 49.9 Å². The average Bonchev–Trinajstić information content (AvgIpc) is 3.38. The number of hydrogen-bond donors (Lipinski definition) is 1. The van der Waals surface area contributed by atoms with Gasteiger partial charge in [0.2, 0.25) is 5.91 Å². The molecule has 3 rings (SSSR count). The Morgan fingerprint density at radius 3 is 2.57 bits per heavy atom. The molecule has 1 heterocycles. The third-order valence-electron chi connectivity index (χ3n) is 4.39. The fourth-order valence-corrected chi connectivity index (χ4v) is 2.96. The van der Waals surface area contributed by atoms with Crippen LogP contribution in [0.3, 0.4) is 0 Å². The molecule has 1 aliphatic carbocycles. The minimum atomic E-state index is 0.0256. The quantitative estimate of drug-likeness (QED) is 0.904. The van der Waals surface area contributed by atoms with Crippen molar-refractivity contribution in [3.05, 3.63) is 29.8 Å². The molecule has 0 bridgehead atoms. The Balaban J connectivity index is 1.67. The van der Waals surface area contributed by atoms with Gasteiger partial charge in [-0.15, -0.1) is 0 Å². The van der Waals surface area contributed by atoms with Gasteiger partial charge in [0.1, 0.15) is 5.75 Å². The van der Waals surface area contributed by atoms with Crippen molar-refractivity contribution in [2.24, 2.45) is 0 Å². The van der Waals surface area contributed by atoms with Crippen molar-refractivity contribution in [1.29, 1.82) is 0 Å². The lowest BCUT2D eigenvalue weighted by Crippen LogP contribution is -2.49. The van der Waals surface area contributed by atoms with Gasteiger partial charge in [0, 0.05) is 12.6 Å². The van der Waals surface area contributed by atoms with E-state index in [1.54, 1.807) is 7.11 Å². The lowest BCUT2D eigenvalue weighted by Gasteiger charge is -2.30. The number of nitrogens with zero attached hydrogens (tertiary/aromatic N) is 1. The summed E-state index contributed by atoms with van der Waals surface area (Å²) >= 11 is 0. The molecule has 1 N–H and O–H groups in total. The maximum absolute atomic E-state index is 12.7. The topological polar surface area (TPSA) is 41.6 Å². The van der Waals surface area contributed by atoms with E-state index in [0.29, 0.717) is 12.6 Å². The van der Waals surface area contributed by atoms with Crippen LogP contribution in [-0.2, 0) is 11.3 Å². The number of methoxy groups -OCH3 is 1. The molecule has 114 valence electrons. The van der Waals surface area contributed by atoms with E-state index in [1.165, 1.54) is 12.0 Å². The number of carbonyl (C=O) groups is 1. The van der Waals surface area contributed by atoms with Crippen molar-refractivity contribution in [2.75, 3.05) is 13.7 Å². The number of carbonyl (C=O) groups excluding carboxylic acids is 1. The largest absolute Gasteiger partial charge is 0.497 e. The lowest BCUT2D eigenvalue weighted by molar-refractivity contribution is -0.135. The molecule has 1 saturated heterocycles. The van der Waals surface area contributed by atoms with Crippen LogP contribution < -0.4 is 10.1 Å². The van der Waals surface area contributed by atoms with Gasteiger partial charge in [-0.25, -0.2) is 0 Å². The zero-order valence-electron chi connectivity index (χ0n) is 12.7. The molecule has 0 spiro atoms. The standard InChI is InChI=1S/C17H24N2O2/c1-21-15-9-5-13(6-10-15)12-19(14-7-8-14)17(20)16-4-2-3-11-18-16/h5-6,9-10,14,16,18H,2-4,7-8,11-12H2,1H3/t16-/m1/s1. The molecule has 1 aromatic rings. The second kappa shape index (κ2) is 6.48. The fourth-order valence-electron chi connectivity index (χ4n) is 2.96. The van der Waals surface area contributed by atoms with Crippen molar-refractivity contribution < 1.29 is 9.53 Å². The van der Waals surface area contributed by atoms with Crippen molar-refractivity contribution >= 4 is 5.91 Å². The first-order chi connectivity index (χ1) is 10.3. The van der Waals surface area contributed by atoms with Crippen LogP contribution in [0, 0.1) is 0 Å². The van der Waals surface area contributed by atoms with Gasteiger partial charge in [-0.1, -0.05) is 18.6 Å². The maximum Gasteiger partial charge on any atom is 0.240 e. The summed E-state index contributed by atoms with van der Waals surface area (Å²) in [5, 5.41) is 3.37. The van der Waals surface area contributed by atoms with Crippen LogP contribution in [0.5, 0.6) is 5.75 Å². The van der Waals surface area contributed by atoms with Crippen LogP contribution in [0.4, 0.5) is 0 Å². The molecule has 21 heavy (non-hydrogen) atoms. The number of benzene rings is 1. The maximum atomic E-state index is 12.7. The minimum absolute atomic E-state index is 0.0256. The Morgan fingerprint density at radius 2 is 2.00 bits per heavy atom. The van der Waals surface area contributed by atoms with Crippen LogP contribution in [-0.4, -0.2) is 36.5 Å². The van der Waals surface area contributed by atoms with E-state index in [4.69, 9.17) is 4.74 Å². The molecule has 1 atom stereocenters. The third-order valence-corrected chi connectivity index (χ3v) is 4.39. The molecule has 4 heteroatoms. The number of rotatable bonds is 5. The number of amides is 1. The van der Waals surface area contributed by atoms with Gasteiger partial charge < -0.3 is 15.0 Å². The molecular weight excluding hydrogens is 264 g/mol. The number of piperidine rings is 1. The molecule has 1 saturated carbocycles. The van der Waals surface area contributed by atoms with E-state index in [-0.39, 0.29) is 11.9 Å². The molecule has 0 unspecified atom stereocenters. The van der Waals surface area contributed by atoms with Crippen molar-refractivity contribution in [2.45, 2.75) is 50.7 Å². The predicted molar refractivity (Wildman–Crippen MR) is 82.2 cm³/mol. The predicted octanol–water partition coefficient (Wildman–Crippen LogP) is 2.33. The Kier molecular flexibility index (Phi) is 4.44. The zero-order valence-corrected chi connectivity index (χ0v) is 12.7. The summed E-state index contributed by atoms with van der Waals surface area (Å²) in [7, 11) is 1.67. The van der Waals surface area contributed by atoms with Crippen LogP contribution in [0.15, 0.2) is 24.3 Å². The average molecular weight is 288 g/mol. The first kappa shape index (κ1) is 14.4. The van der Waals surface area contributed by atoms with Crippen LogP contribution in [0.2, 0.25) is 0 Å². The number of ether oxygens (including phenoxy) is 1. The van der Waals surface area contributed by atoms with Crippen LogP contribution in [0.25, 0.3) is 0 Å². The zero-order chi connectivity index (χ0) is 14.7. The van der Waals surface area contributed by atoms with Crippen molar-refractivity contribution in [3.63, 3.8) is 0 Å². The Bertz CT molecular complexity index is 476. The highest BCUT2D eigenvalue weighted by Gasteiger charge is 2.36. The first-order valence-electron chi connectivity index (χ1n) is 7.95. The summed E-state index contributed by atoms with van der Waals surface area (Å²) in [6, 6.07) is 8.50. The lowest BCUT2D eigenvalue weighted by atomic mass is 10.0. The SMILES string of the molecule is COc1ccc(CN(C(=O)[C@H]2CCCCN2)C2CC2)cc1. The molecular formula is C17H24N2O2. The molecule has 2 fully saturated rings. The highest BCUT2D eigenvalue weighted by atomic mass is 16.5. The van der Waals surface area contributed by atoms with E-state index >= 15 is 0 Å². The first-order valence-corrected chi connectivity index (χ1v) is 7.95. The molecule has 2 aliphatic rings. The van der Waals surface area contributed by atoms with Gasteiger partial charge in [0.25, 0.3) is 0 Å². The molecule has 0 radical (unpaired) electrons. The second-order valence-electron chi connectivity index (χ2n) is 6.05. The van der Waals surface area contributed by atoms with E-state index in [2.05, 4.69) is 22.3 Å². The van der Waals surface area contributed by atoms with Gasteiger partial charge >= 0.3 is 0 Å². The van der Waals surface area contributed by atoms with Crippen LogP contribution >= 0.6 is 0 Å². The van der Waals surface area contributed by atoms with E-state index in [9.17, 15) is 4.79 Å². The van der Waals surface area contributed by atoms with Gasteiger partial charge in [-0.2, -0.15) is 0 Å². The summed E-state index contributed by atoms with van der Waals surface area (Å²) in [5.74, 6) is 1.14. The van der Waals surface area contributed by atoms with Gasteiger partial charge in [-0.3, -0.25) is 4.79 Å². The highest BCUT2D eigenvalue weighted by Crippen LogP contribution is 2.30. The van der Waals surface area contributed by atoms with Crippen LogP contribution in [0.1, 0.15) is 37.7 Å². The molecule has 4 nitrogen and oxygen atoms in total. The number of hydrogen-bond acceptors (Lipinski definition) is 3. The monoisotopic (exact) mass is 288 g/mol. The molecule has 1 amide bonds. The summed E-state index contributed by atoms with van der Waals surface area (Å²) in [4.78, 5) is 14.8. The summed E-state index contributed by atoms with van der Waals surface area (Å²) < 4.78 is 5.19. The summed E-state index contributed by atoms with van der Waals surface area (Å²) in [5.41, 5.74) is 1.17. The second-order valence-corrected chi connectivity index (χ2v) is 6.05. The van der Waals surface area contributed by atoms with Gasteiger partial charge in [0.15, 0.2) is 0 Å². The number of nitrogens with one attached hydrogen (secondary N) is 1. The minimum Gasteiger partial charge on any atom is -0.497 e. The summed E-state index contributed by atoms with van der Waals surface area (Å²) in [6.45, 7) is 1.68. The fraction of sp³-hybridized carbons (Fsp3) is 0.588. The highest BCUT2D eigenvalue weighted by molar-refractivity contribution is 5.82. The Morgan fingerprint density at radius 1 is 1.24 bits per heavy atom. The summed E-state index contributed by atoms with van der Waals surface area (Å²) in [6.07, 6.45) is 5.62. The van der Waals surface area contributed by atoms with E-state index in [0.717, 1.165) is 38.0 Å². The van der Waals surface area contributed by atoms with Gasteiger partial charge in [0.05, 0.1) is 13.2 Å².